The molecule has 1 N–H and O–H groups in total. The fourth-order valence-electron chi connectivity index (χ4n) is 2.63. The molecule has 104 valence electrons. The molecule has 1 fully saturated rings. The fraction of sp³-hybridized carbons (Fsp3) is 0.538. The Labute approximate surface area is 121 Å². The van der Waals surface area contributed by atoms with E-state index in [1.807, 2.05) is 13.1 Å². The van der Waals surface area contributed by atoms with E-state index in [9.17, 15) is 10.1 Å². The number of likely N-dealkylation sites (N-methyl/N-ethyl adjacent to an activating group) is 1. The lowest BCUT2D eigenvalue weighted by atomic mass is 10.1. The molecular weight excluding hydrogens is 310 g/mol. The molecule has 1 atom stereocenters. The zero-order valence-electron chi connectivity index (χ0n) is 10.9. The summed E-state index contributed by atoms with van der Waals surface area (Å²) < 4.78 is 0.765. The van der Waals surface area contributed by atoms with Crippen LogP contribution in [0.15, 0.2) is 22.7 Å². The lowest BCUT2D eigenvalue weighted by molar-refractivity contribution is -0.385. The summed E-state index contributed by atoms with van der Waals surface area (Å²) in [5.74, 6) is 0. The van der Waals surface area contributed by atoms with Gasteiger partial charge in [-0.1, -0.05) is 15.9 Å². The highest BCUT2D eigenvalue weighted by atomic mass is 79.9. The van der Waals surface area contributed by atoms with Gasteiger partial charge in [0.1, 0.15) is 0 Å². The maximum absolute atomic E-state index is 10.9. The lowest BCUT2D eigenvalue weighted by Crippen LogP contribution is -2.36. The van der Waals surface area contributed by atoms with Crippen LogP contribution < -0.4 is 5.32 Å². The van der Waals surface area contributed by atoms with Crippen LogP contribution in [0.3, 0.4) is 0 Å². The molecule has 0 spiro atoms. The summed E-state index contributed by atoms with van der Waals surface area (Å²) in [6.45, 7) is 2.80. The highest BCUT2D eigenvalue weighted by Crippen LogP contribution is 2.25. The van der Waals surface area contributed by atoms with E-state index in [2.05, 4.69) is 26.1 Å². The Morgan fingerprint density at radius 3 is 3.00 bits per heavy atom. The maximum atomic E-state index is 10.9. The first-order valence-corrected chi connectivity index (χ1v) is 7.22. The van der Waals surface area contributed by atoms with Crippen molar-refractivity contribution in [3.05, 3.63) is 38.3 Å². The van der Waals surface area contributed by atoms with E-state index < -0.39 is 0 Å². The van der Waals surface area contributed by atoms with Gasteiger partial charge in [0.25, 0.3) is 5.69 Å². The minimum atomic E-state index is -0.344. The highest BCUT2D eigenvalue weighted by Gasteiger charge is 2.24. The Balaban J connectivity index is 2.12. The number of hydrogen-bond donors (Lipinski definition) is 1. The van der Waals surface area contributed by atoms with Gasteiger partial charge in [0.05, 0.1) is 4.92 Å². The number of nitro benzene ring substituents is 1. The molecule has 2 rings (SSSR count). The molecule has 0 bridgehead atoms. The Bertz CT molecular complexity index is 467. The second-order valence-corrected chi connectivity index (χ2v) is 5.81. The van der Waals surface area contributed by atoms with Gasteiger partial charge in [-0.3, -0.25) is 15.0 Å². The third-order valence-electron chi connectivity index (χ3n) is 3.48. The van der Waals surface area contributed by atoms with Crippen LogP contribution in [0.1, 0.15) is 18.4 Å². The van der Waals surface area contributed by atoms with Crippen molar-refractivity contribution in [1.29, 1.82) is 0 Å². The van der Waals surface area contributed by atoms with Gasteiger partial charge in [-0.05, 0) is 38.1 Å². The first-order valence-electron chi connectivity index (χ1n) is 6.42. The molecule has 1 aliphatic rings. The number of benzene rings is 1. The summed E-state index contributed by atoms with van der Waals surface area (Å²) in [5, 5.41) is 14.1. The van der Waals surface area contributed by atoms with Gasteiger partial charge in [0, 0.05) is 35.7 Å². The predicted octanol–water partition coefficient (Wildman–Crippen LogP) is 2.54. The number of non-ortho nitro benzene ring substituents is 1. The number of halogens is 1. The van der Waals surface area contributed by atoms with Crippen molar-refractivity contribution < 1.29 is 4.92 Å². The Morgan fingerprint density at radius 1 is 1.53 bits per heavy atom. The minimum absolute atomic E-state index is 0.147. The molecule has 1 aromatic carbocycles. The summed E-state index contributed by atoms with van der Waals surface area (Å²) in [4.78, 5) is 12.9. The van der Waals surface area contributed by atoms with Crippen molar-refractivity contribution in [3.63, 3.8) is 0 Å². The SMILES string of the molecule is CNCC1CCCN1Cc1cc(Br)cc([N+](=O)[O-])c1. The van der Waals surface area contributed by atoms with E-state index in [-0.39, 0.29) is 10.6 Å². The van der Waals surface area contributed by atoms with Crippen LogP contribution in [0.25, 0.3) is 0 Å². The monoisotopic (exact) mass is 327 g/mol. The van der Waals surface area contributed by atoms with Gasteiger partial charge < -0.3 is 5.32 Å². The first kappa shape index (κ1) is 14.4. The maximum Gasteiger partial charge on any atom is 0.270 e. The van der Waals surface area contributed by atoms with Crippen LogP contribution in [0.2, 0.25) is 0 Å². The number of nitrogens with zero attached hydrogens (tertiary/aromatic N) is 2. The molecule has 0 radical (unpaired) electrons. The van der Waals surface area contributed by atoms with Crippen molar-refractivity contribution in [2.75, 3.05) is 20.1 Å². The number of rotatable bonds is 5. The third-order valence-corrected chi connectivity index (χ3v) is 3.94. The lowest BCUT2D eigenvalue weighted by Gasteiger charge is -2.24. The van der Waals surface area contributed by atoms with Crippen molar-refractivity contribution in [2.45, 2.75) is 25.4 Å². The molecule has 0 saturated carbocycles. The van der Waals surface area contributed by atoms with Gasteiger partial charge in [0.2, 0.25) is 0 Å². The average Bonchev–Trinajstić information content (AvgIpc) is 2.76. The van der Waals surface area contributed by atoms with Crippen molar-refractivity contribution >= 4 is 21.6 Å². The van der Waals surface area contributed by atoms with Gasteiger partial charge in [-0.25, -0.2) is 0 Å². The summed E-state index contributed by atoms with van der Waals surface area (Å²) in [7, 11) is 1.96. The Morgan fingerprint density at radius 2 is 2.32 bits per heavy atom. The van der Waals surface area contributed by atoms with Gasteiger partial charge in [0.15, 0.2) is 0 Å². The average molecular weight is 328 g/mol. The zero-order valence-corrected chi connectivity index (χ0v) is 12.5. The van der Waals surface area contributed by atoms with Crippen LogP contribution in [-0.4, -0.2) is 36.0 Å². The third kappa shape index (κ3) is 3.75. The largest absolute Gasteiger partial charge is 0.318 e. The van der Waals surface area contributed by atoms with E-state index in [0.717, 1.165) is 29.7 Å². The summed E-state index contributed by atoms with van der Waals surface area (Å²) in [5.41, 5.74) is 1.14. The number of likely N-dealkylation sites (tertiary alicyclic amines) is 1. The van der Waals surface area contributed by atoms with Gasteiger partial charge in [-0.15, -0.1) is 0 Å². The van der Waals surface area contributed by atoms with Gasteiger partial charge in [-0.2, -0.15) is 0 Å². The van der Waals surface area contributed by atoms with E-state index in [1.165, 1.54) is 12.8 Å². The first-order chi connectivity index (χ1) is 9.10. The van der Waals surface area contributed by atoms with E-state index in [4.69, 9.17) is 0 Å². The molecule has 1 saturated heterocycles. The zero-order chi connectivity index (χ0) is 13.8. The molecule has 1 unspecified atom stereocenters. The van der Waals surface area contributed by atoms with Crippen molar-refractivity contribution in [1.82, 2.24) is 10.2 Å². The summed E-state index contributed by atoms with van der Waals surface area (Å²) in [6.07, 6.45) is 2.39. The van der Waals surface area contributed by atoms with Gasteiger partial charge >= 0.3 is 0 Å². The molecular formula is C13H18BrN3O2. The smallest absolute Gasteiger partial charge is 0.270 e. The van der Waals surface area contributed by atoms with Crippen molar-refractivity contribution in [3.8, 4) is 0 Å². The number of nitrogens with one attached hydrogen (secondary N) is 1. The molecule has 1 aromatic rings. The van der Waals surface area contributed by atoms with Crippen LogP contribution in [0, 0.1) is 10.1 Å². The molecule has 0 aromatic heterocycles. The predicted molar refractivity (Wildman–Crippen MR) is 78.2 cm³/mol. The quantitative estimate of drug-likeness (QED) is 0.667. The topological polar surface area (TPSA) is 58.4 Å². The van der Waals surface area contributed by atoms with Crippen LogP contribution in [0.4, 0.5) is 5.69 Å². The van der Waals surface area contributed by atoms with Crippen LogP contribution in [-0.2, 0) is 6.54 Å². The Kier molecular flexibility index (Phi) is 4.90. The molecule has 1 aliphatic heterocycles. The summed E-state index contributed by atoms with van der Waals surface area (Å²) >= 11 is 3.34. The second kappa shape index (κ2) is 6.45. The van der Waals surface area contributed by atoms with Crippen LogP contribution in [0.5, 0.6) is 0 Å². The number of hydrogen-bond acceptors (Lipinski definition) is 4. The molecule has 5 nitrogen and oxygen atoms in total. The molecule has 19 heavy (non-hydrogen) atoms. The highest BCUT2D eigenvalue weighted by molar-refractivity contribution is 9.10. The standard InChI is InChI=1S/C13H18BrN3O2/c1-15-8-12-3-2-4-16(12)9-10-5-11(14)7-13(6-10)17(18)19/h5-7,12,15H,2-4,8-9H2,1H3. The molecule has 0 aliphatic carbocycles. The molecule has 0 amide bonds. The normalized spacial score (nSPS) is 19.8. The number of nitro groups is 1. The summed E-state index contributed by atoms with van der Waals surface area (Å²) in [6, 6.07) is 5.70. The second-order valence-electron chi connectivity index (χ2n) is 4.90. The van der Waals surface area contributed by atoms with Crippen molar-refractivity contribution in [2.24, 2.45) is 0 Å². The van der Waals surface area contributed by atoms with Crippen LogP contribution >= 0.6 is 15.9 Å². The molecule has 1 heterocycles. The fourth-order valence-corrected chi connectivity index (χ4v) is 3.16. The molecule has 6 heteroatoms. The Hall–Kier alpha value is -0.980. The van der Waals surface area contributed by atoms with E-state index >= 15 is 0 Å². The van der Waals surface area contributed by atoms with E-state index in [1.54, 1.807) is 12.1 Å². The van der Waals surface area contributed by atoms with E-state index in [0.29, 0.717) is 6.04 Å². The minimum Gasteiger partial charge on any atom is -0.318 e.